The molecule has 1 aliphatic carbocycles. The third-order valence-electron chi connectivity index (χ3n) is 6.15. The molecule has 0 aromatic heterocycles. The van der Waals surface area contributed by atoms with Crippen molar-refractivity contribution in [3.63, 3.8) is 0 Å². The average molecular weight is 411 g/mol. The lowest BCUT2D eigenvalue weighted by atomic mass is 9.77. The number of rotatable bonds is 3. The highest BCUT2D eigenvalue weighted by atomic mass is 35.5. The number of ketones is 2. The molecule has 2 aromatic carbocycles. The number of hydrogen-bond donors (Lipinski definition) is 0. The van der Waals surface area contributed by atoms with E-state index in [1.165, 1.54) is 6.92 Å². The van der Waals surface area contributed by atoms with Crippen LogP contribution in [-0.4, -0.2) is 23.1 Å². The van der Waals surface area contributed by atoms with Crippen molar-refractivity contribution in [3.8, 4) is 11.1 Å². The van der Waals surface area contributed by atoms with Gasteiger partial charge in [-0.05, 0) is 74.4 Å². The number of benzene rings is 2. The van der Waals surface area contributed by atoms with Crippen molar-refractivity contribution in [3.05, 3.63) is 58.1 Å². The topological polar surface area (TPSA) is 60.4 Å². The summed E-state index contributed by atoms with van der Waals surface area (Å²) in [6, 6.07) is 10.9. The van der Waals surface area contributed by atoms with Crippen LogP contribution in [0.4, 0.5) is 0 Å². The third-order valence-corrected chi connectivity index (χ3v) is 6.46. The highest BCUT2D eigenvalue weighted by Crippen LogP contribution is 2.45. The fourth-order valence-corrected chi connectivity index (χ4v) is 4.83. The molecule has 29 heavy (non-hydrogen) atoms. The summed E-state index contributed by atoms with van der Waals surface area (Å²) < 4.78 is 5.65. The molecular formula is C24H23ClO4. The minimum absolute atomic E-state index is 0.0200. The van der Waals surface area contributed by atoms with E-state index >= 15 is 0 Å². The number of esters is 1. The first kappa shape index (κ1) is 19.8. The van der Waals surface area contributed by atoms with Crippen molar-refractivity contribution in [2.75, 3.05) is 0 Å². The molecule has 2 fully saturated rings. The maximum Gasteiger partial charge on any atom is 0.322 e. The Morgan fingerprint density at radius 2 is 1.83 bits per heavy atom. The van der Waals surface area contributed by atoms with Crippen molar-refractivity contribution < 1.29 is 19.1 Å². The molecule has 0 radical (unpaired) electrons. The van der Waals surface area contributed by atoms with E-state index in [0.717, 1.165) is 36.0 Å². The molecule has 1 aliphatic heterocycles. The van der Waals surface area contributed by atoms with Crippen LogP contribution in [0.5, 0.6) is 0 Å². The molecule has 1 saturated carbocycles. The Morgan fingerprint density at radius 3 is 2.52 bits per heavy atom. The predicted molar refractivity (Wildman–Crippen MR) is 111 cm³/mol. The van der Waals surface area contributed by atoms with E-state index in [1.807, 2.05) is 25.1 Å². The maximum atomic E-state index is 13.2. The smallest absolute Gasteiger partial charge is 0.322 e. The summed E-state index contributed by atoms with van der Waals surface area (Å²) in [6.07, 6.45) is 4.08. The molecule has 2 aromatic rings. The molecule has 1 spiro atoms. The fraction of sp³-hybridized carbons (Fsp3) is 0.375. The Bertz CT molecular complexity index is 1020. The molecule has 1 atom stereocenters. The Hall–Kier alpha value is -2.46. The first-order valence-corrected chi connectivity index (χ1v) is 10.4. The van der Waals surface area contributed by atoms with Gasteiger partial charge >= 0.3 is 5.97 Å². The standard InChI is InChI=1S/C24H23ClO4/c1-14-11-19(17-8-6-7-16(12-17)15(2)26)20(25)13-18(14)21-22(27)24(29-23(21)28)9-4-3-5-10-24/h6-8,11-13,21H,3-5,9-10H2,1-2H3. The highest BCUT2D eigenvalue weighted by molar-refractivity contribution is 6.33. The molecule has 0 amide bonds. The molecule has 0 N–H and O–H groups in total. The van der Waals surface area contributed by atoms with Crippen LogP contribution >= 0.6 is 11.6 Å². The summed E-state index contributed by atoms with van der Waals surface area (Å²) in [4.78, 5) is 37.6. The van der Waals surface area contributed by atoms with Gasteiger partial charge in [-0.2, -0.15) is 0 Å². The van der Waals surface area contributed by atoms with Crippen LogP contribution in [0.25, 0.3) is 11.1 Å². The van der Waals surface area contributed by atoms with E-state index in [9.17, 15) is 14.4 Å². The molecule has 2 aliphatic rings. The summed E-state index contributed by atoms with van der Waals surface area (Å²) in [5.74, 6) is -1.54. The molecule has 1 saturated heterocycles. The number of aryl methyl sites for hydroxylation is 1. The molecule has 1 heterocycles. The van der Waals surface area contributed by atoms with Crippen LogP contribution in [-0.2, 0) is 14.3 Å². The SMILES string of the molecule is CC(=O)c1cccc(-c2cc(C)c(C3C(=O)OC4(CCCCC4)C3=O)cc2Cl)c1. The van der Waals surface area contributed by atoms with Gasteiger partial charge in [-0.3, -0.25) is 14.4 Å². The van der Waals surface area contributed by atoms with Gasteiger partial charge in [0.2, 0.25) is 0 Å². The first-order valence-electron chi connectivity index (χ1n) is 10.0. The molecule has 5 heteroatoms. The van der Waals surface area contributed by atoms with Crippen LogP contribution in [0.15, 0.2) is 36.4 Å². The normalized spacial score (nSPS) is 20.7. The number of ether oxygens (including phenoxy) is 1. The largest absolute Gasteiger partial charge is 0.450 e. The summed E-state index contributed by atoms with van der Waals surface area (Å²) in [6.45, 7) is 3.39. The number of carbonyl (C=O) groups excluding carboxylic acids is 3. The van der Waals surface area contributed by atoms with E-state index < -0.39 is 17.5 Å². The zero-order chi connectivity index (χ0) is 20.8. The number of hydrogen-bond acceptors (Lipinski definition) is 4. The van der Waals surface area contributed by atoms with Gasteiger partial charge in [0, 0.05) is 16.1 Å². The number of Topliss-reactive ketones (excluding diaryl/α,β-unsaturated/α-hetero) is 2. The molecule has 4 nitrogen and oxygen atoms in total. The van der Waals surface area contributed by atoms with Crippen molar-refractivity contribution in [1.29, 1.82) is 0 Å². The van der Waals surface area contributed by atoms with Gasteiger partial charge in [-0.15, -0.1) is 0 Å². The fourth-order valence-electron chi connectivity index (χ4n) is 4.55. The minimum Gasteiger partial charge on any atom is -0.450 e. The van der Waals surface area contributed by atoms with E-state index in [0.29, 0.717) is 29.0 Å². The van der Waals surface area contributed by atoms with Gasteiger partial charge in [0.15, 0.2) is 17.2 Å². The second-order valence-corrected chi connectivity index (χ2v) is 8.51. The quantitative estimate of drug-likeness (QED) is 0.384. The van der Waals surface area contributed by atoms with Crippen LogP contribution in [0.2, 0.25) is 5.02 Å². The lowest BCUT2D eigenvalue weighted by Crippen LogP contribution is -2.39. The van der Waals surface area contributed by atoms with Gasteiger partial charge in [0.05, 0.1) is 0 Å². The lowest BCUT2D eigenvalue weighted by molar-refractivity contribution is -0.154. The molecular weight excluding hydrogens is 388 g/mol. The maximum absolute atomic E-state index is 13.2. The van der Waals surface area contributed by atoms with E-state index in [4.69, 9.17) is 16.3 Å². The van der Waals surface area contributed by atoms with Crippen LogP contribution < -0.4 is 0 Å². The summed E-state index contributed by atoms with van der Waals surface area (Å²) in [7, 11) is 0. The van der Waals surface area contributed by atoms with Crippen molar-refractivity contribution in [1.82, 2.24) is 0 Å². The minimum atomic E-state index is -0.951. The summed E-state index contributed by atoms with van der Waals surface area (Å²) >= 11 is 6.57. The van der Waals surface area contributed by atoms with E-state index in [1.54, 1.807) is 18.2 Å². The number of carbonyl (C=O) groups is 3. The van der Waals surface area contributed by atoms with Gasteiger partial charge in [0.1, 0.15) is 5.92 Å². The molecule has 150 valence electrons. The van der Waals surface area contributed by atoms with Crippen LogP contribution in [0.3, 0.4) is 0 Å². The zero-order valence-electron chi connectivity index (χ0n) is 16.6. The molecule has 1 unspecified atom stereocenters. The van der Waals surface area contributed by atoms with Crippen LogP contribution in [0.1, 0.15) is 66.4 Å². The van der Waals surface area contributed by atoms with Gasteiger partial charge in [-0.1, -0.05) is 36.2 Å². The Morgan fingerprint density at radius 1 is 1.10 bits per heavy atom. The summed E-state index contributed by atoms with van der Waals surface area (Å²) in [5, 5.41) is 0.441. The third kappa shape index (κ3) is 3.40. The van der Waals surface area contributed by atoms with Gasteiger partial charge < -0.3 is 4.74 Å². The highest BCUT2D eigenvalue weighted by Gasteiger charge is 2.55. The molecule has 4 rings (SSSR count). The monoisotopic (exact) mass is 410 g/mol. The predicted octanol–water partition coefficient (Wildman–Crippen LogP) is 5.43. The summed E-state index contributed by atoms with van der Waals surface area (Å²) in [5.41, 5.74) is 2.66. The Labute approximate surface area is 175 Å². The number of halogens is 1. The first-order chi connectivity index (χ1) is 13.8. The Balaban J connectivity index is 1.73. The lowest BCUT2D eigenvalue weighted by Gasteiger charge is -2.29. The van der Waals surface area contributed by atoms with E-state index in [2.05, 4.69) is 0 Å². The van der Waals surface area contributed by atoms with Crippen molar-refractivity contribution >= 4 is 29.1 Å². The molecule has 0 bridgehead atoms. The second-order valence-electron chi connectivity index (χ2n) is 8.10. The Kier molecular flexibility index (Phi) is 5.07. The van der Waals surface area contributed by atoms with E-state index in [-0.39, 0.29) is 11.6 Å². The van der Waals surface area contributed by atoms with Gasteiger partial charge in [-0.25, -0.2) is 0 Å². The average Bonchev–Trinajstić information content (AvgIpc) is 2.93. The van der Waals surface area contributed by atoms with Crippen molar-refractivity contribution in [2.45, 2.75) is 57.5 Å². The second kappa shape index (κ2) is 7.42. The van der Waals surface area contributed by atoms with Gasteiger partial charge in [0.25, 0.3) is 0 Å². The van der Waals surface area contributed by atoms with Crippen molar-refractivity contribution in [2.24, 2.45) is 0 Å². The van der Waals surface area contributed by atoms with Crippen LogP contribution in [0, 0.1) is 6.92 Å². The zero-order valence-corrected chi connectivity index (χ0v) is 17.3.